The molecular formula is C32H28N2. The first kappa shape index (κ1) is 22.9. The Morgan fingerprint density at radius 2 is 1.44 bits per heavy atom. The Labute approximate surface area is 201 Å². The van der Waals surface area contributed by atoms with Crippen LogP contribution in [0.1, 0.15) is 18.1 Å². The topological polar surface area (TPSA) is 47.7 Å². The molecule has 4 rings (SSSR count). The normalized spacial score (nSPS) is 11.7. The van der Waals surface area contributed by atoms with Crippen molar-refractivity contribution in [3.05, 3.63) is 127 Å². The molecule has 0 aliphatic rings. The highest BCUT2D eigenvalue weighted by Crippen LogP contribution is 2.42. The predicted octanol–water partition coefficient (Wildman–Crippen LogP) is 8.57. The second-order valence-corrected chi connectivity index (χ2v) is 8.25. The zero-order chi connectivity index (χ0) is 24.1. The fourth-order valence-corrected chi connectivity index (χ4v) is 4.42. The van der Waals surface area contributed by atoms with Crippen LogP contribution < -0.4 is 0 Å². The minimum Gasteiger partial charge on any atom is -0.303 e. The van der Waals surface area contributed by atoms with E-state index in [0.29, 0.717) is 6.42 Å². The van der Waals surface area contributed by atoms with Crippen molar-refractivity contribution in [2.24, 2.45) is 0 Å². The molecule has 0 aromatic heterocycles. The maximum Gasteiger partial charge on any atom is 0.0741 e. The fourth-order valence-electron chi connectivity index (χ4n) is 4.42. The molecule has 166 valence electrons. The van der Waals surface area contributed by atoms with Gasteiger partial charge in [-0.3, -0.25) is 5.41 Å². The molecule has 0 saturated carbocycles. The summed E-state index contributed by atoms with van der Waals surface area (Å²) in [6.45, 7) is 9.60. The molecule has 0 radical (unpaired) electrons. The largest absolute Gasteiger partial charge is 0.303 e. The van der Waals surface area contributed by atoms with Gasteiger partial charge in [0.2, 0.25) is 0 Å². The summed E-state index contributed by atoms with van der Waals surface area (Å²) in [5, 5.41) is 20.2. The summed E-state index contributed by atoms with van der Waals surface area (Å²) in [5.41, 5.74) is 6.28. The predicted molar refractivity (Wildman–Crippen MR) is 149 cm³/mol. The SMILES string of the molecule is C=C/C=C(\C=C)c1c2ccccc2c(-c2cccc(C/C=C\C(=N)C(C)=N)c2)c2ccccc12. The first-order chi connectivity index (χ1) is 16.5. The van der Waals surface area contributed by atoms with Crippen molar-refractivity contribution in [3.8, 4) is 11.1 Å². The van der Waals surface area contributed by atoms with Crippen molar-refractivity contribution in [3.63, 3.8) is 0 Å². The number of hydrogen-bond acceptors (Lipinski definition) is 2. The van der Waals surface area contributed by atoms with Crippen molar-refractivity contribution in [2.45, 2.75) is 13.3 Å². The Hall–Kier alpha value is -4.30. The molecule has 34 heavy (non-hydrogen) atoms. The first-order valence-corrected chi connectivity index (χ1v) is 11.3. The zero-order valence-corrected chi connectivity index (χ0v) is 19.4. The van der Waals surface area contributed by atoms with Crippen LogP contribution in [0.2, 0.25) is 0 Å². The van der Waals surface area contributed by atoms with Gasteiger partial charge in [-0.2, -0.15) is 0 Å². The Bertz CT molecular complexity index is 1440. The monoisotopic (exact) mass is 440 g/mol. The highest BCUT2D eigenvalue weighted by Gasteiger charge is 2.16. The quantitative estimate of drug-likeness (QED) is 0.157. The van der Waals surface area contributed by atoms with E-state index < -0.39 is 0 Å². The third-order valence-corrected chi connectivity index (χ3v) is 6.00. The Morgan fingerprint density at radius 3 is 2.00 bits per heavy atom. The summed E-state index contributed by atoms with van der Waals surface area (Å²) in [6, 6.07) is 25.7. The van der Waals surface area contributed by atoms with Gasteiger partial charge in [0.25, 0.3) is 0 Å². The molecule has 0 saturated heterocycles. The van der Waals surface area contributed by atoms with Crippen molar-refractivity contribution in [2.75, 3.05) is 0 Å². The van der Waals surface area contributed by atoms with Gasteiger partial charge in [-0.05, 0) is 68.8 Å². The number of allylic oxidation sites excluding steroid dienone is 6. The van der Waals surface area contributed by atoms with Crippen LogP contribution in [0, 0.1) is 10.8 Å². The maximum atomic E-state index is 7.84. The van der Waals surface area contributed by atoms with Crippen LogP contribution in [0.5, 0.6) is 0 Å². The standard InChI is InChI=1S/C32H28N2/c1-4-12-24(5-2)31-26-16-6-8-18-28(26)32(29-19-9-7-17-27(29)31)25-15-10-13-23(21-25)14-11-20-30(34)22(3)33/h4-13,15-21,33-34H,1-2,14H2,3H3/b20-11-,24-12+,33-22?,34-30?. The van der Waals surface area contributed by atoms with Crippen LogP contribution in [-0.2, 0) is 6.42 Å². The second kappa shape index (κ2) is 10.1. The van der Waals surface area contributed by atoms with Gasteiger partial charge < -0.3 is 5.41 Å². The van der Waals surface area contributed by atoms with Crippen molar-refractivity contribution >= 4 is 38.5 Å². The molecule has 0 atom stereocenters. The molecule has 0 unspecified atom stereocenters. The average Bonchev–Trinajstić information content (AvgIpc) is 2.86. The molecule has 0 fully saturated rings. The molecule has 2 nitrogen and oxygen atoms in total. The minimum absolute atomic E-state index is 0.245. The number of hydrogen-bond donors (Lipinski definition) is 2. The van der Waals surface area contributed by atoms with Crippen molar-refractivity contribution in [1.29, 1.82) is 10.8 Å². The van der Waals surface area contributed by atoms with Gasteiger partial charge in [0.1, 0.15) is 0 Å². The van der Waals surface area contributed by atoms with E-state index in [9.17, 15) is 0 Å². The zero-order valence-electron chi connectivity index (χ0n) is 19.4. The third-order valence-electron chi connectivity index (χ3n) is 6.00. The number of fused-ring (bicyclic) bond motifs is 2. The van der Waals surface area contributed by atoms with Crippen LogP contribution in [-0.4, -0.2) is 11.4 Å². The van der Waals surface area contributed by atoms with Crippen LogP contribution >= 0.6 is 0 Å². The number of rotatable bonds is 8. The number of benzene rings is 4. The van der Waals surface area contributed by atoms with Gasteiger partial charge in [0.05, 0.1) is 11.4 Å². The van der Waals surface area contributed by atoms with E-state index in [2.05, 4.69) is 86.0 Å². The molecule has 0 aliphatic carbocycles. The Kier molecular flexibility index (Phi) is 6.79. The highest BCUT2D eigenvalue weighted by atomic mass is 14.5. The fraction of sp³-hybridized carbons (Fsp3) is 0.0625. The maximum absolute atomic E-state index is 7.84. The first-order valence-electron chi connectivity index (χ1n) is 11.3. The van der Waals surface area contributed by atoms with E-state index in [1.807, 2.05) is 24.3 Å². The van der Waals surface area contributed by atoms with Gasteiger partial charge in [-0.1, -0.05) is 110 Å². The third kappa shape index (κ3) is 4.44. The molecule has 2 N–H and O–H groups in total. The molecular weight excluding hydrogens is 412 g/mol. The van der Waals surface area contributed by atoms with E-state index in [1.165, 1.54) is 38.2 Å². The lowest BCUT2D eigenvalue weighted by Gasteiger charge is -2.18. The molecule has 0 bridgehead atoms. The van der Waals surface area contributed by atoms with E-state index in [-0.39, 0.29) is 11.4 Å². The van der Waals surface area contributed by atoms with E-state index in [4.69, 9.17) is 10.8 Å². The smallest absolute Gasteiger partial charge is 0.0741 e. The van der Waals surface area contributed by atoms with E-state index >= 15 is 0 Å². The van der Waals surface area contributed by atoms with Gasteiger partial charge in [-0.15, -0.1) is 0 Å². The molecule has 0 heterocycles. The average molecular weight is 441 g/mol. The van der Waals surface area contributed by atoms with Crippen molar-refractivity contribution < 1.29 is 0 Å². The second-order valence-electron chi connectivity index (χ2n) is 8.25. The lowest BCUT2D eigenvalue weighted by molar-refractivity contribution is 1.27. The lowest BCUT2D eigenvalue weighted by atomic mass is 9.85. The van der Waals surface area contributed by atoms with Gasteiger partial charge in [0, 0.05) is 0 Å². The van der Waals surface area contributed by atoms with Crippen molar-refractivity contribution in [1.82, 2.24) is 0 Å². The van der Waals surface area contributed by atoms with Gasteiger partial charge in [0.15, 0.2) is 0 Å². The molecule has 2 heteroatoms. The summed E-state index contributed by atoms with van der Waals surface area (Å²) in [6.07, 6.45) is 10.1. The Morgan fingerprint density at radius 1 is 0.824 bits per heavy atom. The molecule has 4 aromatic rings. The lowest BCUT2D eigenvalue weighted by Crippen LogP contribution is -2.02. The van der Waals surface area contributed by atoms with E-state index in [0.717, 1.165) is 11.1 Å². The van der Waals surface area contributed by atoms with E-state index in [1.54, 1.807) is 13.0 Å². The van der Waals surface area contributed by atoms with Crippen LogP contribution in [0.25, 0.3) is 38.2 Å². The molecule has 0 aliphatic heterocycles. The Balaban J connectivity index is 1.95. The van der Waals surface area contributed by atoms with Gasteiger partial charge in [-0.25, -0.2) is 0 Å². The van der Waals surface area contributed by atoms with Crippen LogP contribution in [0.4, 0.5) is 0 Å². The summed E-state index contributed by atoms with van der Waals surface area (Å²) in [5.74, 6) is 0. The molecule has 0 spiro atoms. The highest BCUT2D eigenvalue weighted by molar-refractivity contribution is 6.43. The summed E-state index contributed by atoms with van der Waals surface area (Å²) in [4.78, 5) is 0. The van der Waals surface area contributed by atoms with Crippen LogP contribution in [0.15, 0.2) is 116 Å². The number of nitrogens with one attached hydrogen (secondary N) is 2. The summed E-state index contributed by atoms with van der Waals surface area (Å²) >= 11 is 0. The minimum atomic E-state index is 0.245. The van der Waals surface area contributed by atoms with Crippen LogP contribution in [0.3, 0.4) is 0 Å². The molecule has 0 amide bonds. The summed E-state index contributed by atoms with van der Waals surface area (Å²) in [7, 11) is 0. The molecule has 4 aromatic carbocycles. The summed E-state index contributed by atoms with van der Waals surface area (Å²) < 4.78 is 0. The van der Waals surface area contributed by atoms with Gasteiger partial charge >= 0.3 is 0 Å².